The normalized spacial score (nSPS) is 14.4. The van der Waals surface area contributed by atoms with E-state index < -0.39 is 0 Å². The average Bonchev–Trinajstić information content (AvgIpc) is 2.74. The Hall–Kier alpha value is -1.91. The molecule has 0 radical (unpaired) electrons. The molecule has 2 aromatic heterocycles. The molecule has 0 atom stereocenters. The number of nitrogens with one attached hydrogen (secondary N) is 1. The Morgan fingerprint density at radius 2 is 2.13 bits per heavy atom. The number of anilines is 1. The maximum atomic E-state index is 4.44. The predicted octanol–water partition coefficient (Wildman–Crippen LogP) is 1.16. The Bertz CT molecular complexity index is 438. The van der Waals surface area contributed by atoms with E-state index in [4.69, 9.17) is 0 Å². The SMILES string of the molecule is c1cc(-c2nc3n(n2)CCCN3)ccn1. The van der Waals surface area contributed by atoms with Crippen LogP contribution in [-0.4, -0.2) is 26.3 Å². The van der Waals surface area contributed by atoms with Crippen LogP contribution in [0.15, 0.2) is 24.5 Å². The summed E-state index contributed by atoms with van der Waals surface area (Å²) in [7, 11) is 0. The number of aryl methyl sites for hydroxylation is 1. The molecule has 0 aromatic carbocycles. The van der Waals surface area contributed by atoms with Crippen LogP contribution in [0.3, 0.4) is 0 Å². The van der Waals surface area contributed by atoms with Gasteiger partial charge in [0.25, 0.3) is 0 Å². The number of hydrogen-bond acceptors (Lipinski definition) is 4. The lowest BCUT2D eigenvalue weighted by atomic mass is 10.3. The minimum absolute atomic E-state index is 0.766. The van der Waals surface area contributed by atoms with Crippen molar-refractivity contribution in [2.24, 2.45) is 0 Å². The van der Waals surface area contributed by atoms with E-state index in [0.717, 1.165) is 36.8 Å². The number of nitrogens with zero attached hydrogens (tertiary/aromatic N) is 4. The predicted molar refractivity (Wildman–Crippen MR) is 56.4 cm³/mol. The third kappa shape index (κ3) is 1.45. The van der Waals surface area contributed by atoms with Gasteiger partial charge in [0.2, 0.25) is 5.95 Å². The second-order valence-electron chi connectivity index (χ2n) is 3.50. The standard InChI is InChI=1S/C10H11N5/c1-4-12-10-13-9(14-15(10)7-1)8-2-5-11-6-3-8/h2-3,5-6H,1,4,7H2,(H,12,13,14). The van der Waals surface area contributed by atoms with Crippen LogP contribution in [0.5, 0.6) is 0 Å². The van der Waals surface area contributed by atoms with Gasteiger partial charge >= 0.3 is 0 Å². The maximum Gasteiger partial charge on any atom is 0.221 e. The molecule has 3 rings (SSSR count). The van der Waals surface area contributed by atoms with E-state index in [0.29, 0.717) is 0 Å². The summed E-state index contributed by atoms with van der Waals surface area (Å²) in [6.45, 7) is 1.93. The highest BCUT2D eigenvalue weighted by molar-refractivity contribution is 5.55. The Balaban J connectivity index is 2.03. The number of aromatic nitrogens is 4. The van der Waals surface area contributed by atoms with Crippen LogP contribution in [0.1, 0.15) is 6.42 Å². The number of fused-ring (bicyclic) bond motifs is 1. The molecule has 2 aromatic rings. The molecule has 0 unspecified atom stereocenters. The molecule has 0 spiro atoms. The lowest BCUT2D eigenvalue weighted by molar-refractivity contribution is 0.566. The largest absolute Gasteiger partial charge is 0.354 e. The van der Waals surface area contributed by atoms with Gasteiger partial charge in [0.1, 0.15) is 0 Å². The zero-order valence-corrected chi connectivity index (χ0v) is 8.22. The van der Waals surface area contributed by atoms with E-state index in [2.05, 4.69) is 20.4 Å². The summed E-state index contributed by atoms with van der Waals surface area (Å²) in [5.41, 5.74) is 1.01. The van der Waals surface area contributed by atoms with Gasteiger partial charge < -0.3 is 5.32 Å². The van der Waals surface area contributed by atoms with Crippen molar-refractivity contribution < 1.29 is 0 Å². The molecule has 1 aliphatic heterocycles. The van der Waals surface area contributed by atoms with Crippen molar-refractivity contribution in [3.05, 3.63) is 24.5 Å². The van der Waals surface area contributed by atoms with Crippen LogP contribution in [-0.2, 0) is 6.54 Å². The van der Waals surface area contributed by atoms with Gasteiger partial charge in [-0.3, -0.25) is 4.98 Å². The zero-order valence-electron chi connectivity index (χ0n) is 8.22. The molecule has 5 nitrogen and oxygen atoms in total. The summed E-state index contributed by atoms with van der Waals surface area (Å²) in [4.78, 5) is 8.41. The Kier molecular flexibility index (Phi) is 1.87. The summed E-state index contributed by atoms with van der Waals surface area (Å²) in [6, 6.07) is 3.84. The van der Waals surface area contributed by atoms with E-state index in [1.54, 1.807) is 12.4 Å². The minimum atomic E-state index is 0.766. The van der Waals surface area contributed by atoms with E-state index in [-0.39, 0.29) is 0 Å². The monoisotopic (exact) mass is 201 g/mol. The first-order valence-corrected chi connectivity index (χ1v) is 5.02. The van der Waals surface area contributed by atoms with Crippen molar-refractivity contribution in [2.45, 2.75) is 13.0 Å². The molecule has 1 N–H and O–H groups in total. The first-order chi connectivity index (χ1) is 7.43. The molecule has 76 valence electrons. The lowest BCUT2D eigenvalue weighted by Gasteiger charge is -2.12. The van der Waals surface area contributed by atoms with Gasteiger partial charge in [0.15, 0.2) is 5.82 Å². The van der Waals surface area contributed by atoms with Crippen LogP contribution < -0.4 is 5.32 Å². The van der Waals surface area contributed by atoms with Crippen LogP contribution in [0.4, 0.5) is 5.95 Å². The van der Waals surface area contributed by atoms with Crippen LogP contribution in [0.2, 0.25) is 0 Å². The second kappa shape index (κ2) is 3.34. The summed E-state index contributed by atoms with van der Waals surface area (Å²) >= 11 is 0. The molecule has 1 aliphatic rings. The molecular weight excluding hydrogens is 190 g/mol. The molecule has 0 bridgehead atoms. The first-order valence-electron chi connectivity index (χ1n) is 5.02. The maximum absolute atomic E-state index is 4.44. The van der Waals surface area contributed by atoms with Crippen molar-refractivity contribution in [1.29, 1.82) is 0 Å². The molecule has 0 amide bonds. The van der Waals surface area contributed by atoms with Gasteiger partial charge in [-0.1, -0.05) is 0 Å². The number of rotatable bonds is 1. The highest BCUT2D eigenvalue weighted by Crippen LogP contribution is 2.18. The summed E-state index contributed by atoms with van der Waals surface area (Å²) in [5.74, 6) is 1.63. The fourth-order valence-electron chi connectivity index (χ4n) is 1.68. The van der Waals surface area contributed by atoms with Crippen molar-refractivity contribution in [3.63, 3.8) is 0 Å². The Morgan fingerprint density at radius 1 is 1.27 bits per heavy atom. The third-order valence-corrected chi connectivity index (χ3v) is 2.44. The summed E-state index contributed by atoms with van der Waals surface area (Å²) < 4.78 is 1.92. The molecule has 0 saturated carbocycles. The van der Waals surface area contributed by atoms with E-state index in [1.165, 1.54) is 0 Å². The molecule has 5 heteroatoms. The molecule has 15 heavy (non-hydrogen) atoms. The van der Waals surface area contributed by atoms with Gasteiger partial charge in [-0.2, -0.15) is 4.98 Å². The van der Waals surface area contributed by atoms with Crippen molar-refractivity contribution in [3.8, 4) is 11.4 Å². The third-order valence-electron chi connectivity index (χ3n) is 2.44. The first kappa shape index (κ1) is 8.40. The minimum Gasteiger partial charge on any atom is -0.354 e. The highest BCUT2D eigenvalue weighted by Gasteiger charge is 2.13. The van der Waals surface area contributed by atoms with Crippen LogP contribution in [0, 0.1) is 0 Å². The van der Waals surface area contributed by atoms with Crippen LogP contribution >= 0.6 is 0 Å². The summed E-state index contributed by atoms with van der Waals surface area (Å²) in [6.07, 6.45) is 4.61. The molecule has 0 fully saturated rings. The Morgan fingerprint density at radius 3 is 2.93 bits per heavy atom. The molecule has 0 saturated heterocycles. The van der Waals surface area contributed by atoms with E-state index in [9.17, 15) is 0 Å². The van der Waals surface area contributed by atoms with Gasteiger partial charge in [0.05, 0.1) is 0 Å². The van der Waals surface area contributed by atoms with Gasteiger partial charge in [0, 0.05) is 31.0 Å². The highest BCUT2D eigenvalue weighted by atomic mass is 15.4. The summed E-state index contributed by atoms with van der Waals surface area (Å²) in [5, 5.41) is 7.66. The van der Waals surface area contributed by atoms with Crippen LogP contribution in [0.25, 0.3) is 11.4 Å². The number of hydrogen-bond donors (Lipinski definition) is 1. The smallest absolute Gasteiger partial charge is 0.221 e. The van der Waals surface area contributed by atoms with Gasteiger partial charge in [-0.05, 0) is 18.6 Å². The van der Waals surface area contributed by atoms with E-state index >= 15 is 0 Å². The fraction of sp³-hybridized carbons (Fsp3) is 0.300. The van der Waals surface area contributed by atoms with Crippen molar-refractivity contribution in [1.82, 2.24) is 19.7 Å². The average molecular weight is 201 g/mol. The lowest BCUT2D eigenvalue weighted by Crippen LogP contribution is -2.17. The van der Waals surface area contributed by atoms with Crippen molar-refractivity contribution >= 4 is 5.95 Å². The second-order valence-corrected chi connectivity index (χ2v) is 3.50. The Labute approximate surface area is 87.2 Å². The van der Waals surface area contributed by atoms with Gasteiger partial charge in [-0.25, -0.2) is 4.68 Å². The molecule has 0 aliphatic carbocycles. The van der Waals surface area contributed by atoms with Gasteiger partial charge in [-0.15, -0.1) is 5.10 Å². The molecule has 3 heterocycles. The van der Waals surface area contributed by atoms with Crippen molar-refractivity contribution in [2.75, 3.05) is 11.9 Å². The quantitative estimate of drug-likeness (QED) is 0.752. The number of pyridine rings is 1. The molecular formula is C10H11N5. The topological polar surface area (TPSA) is 55.6 Å². The fourth-order valence-corrected chi connectivity index (χ4v) is 1.68. The zero-order chi connectivity index (χ0) is 10.1. The van der Waals surface area contributed by atoms with E-state index in [1.807, 2.05) is 16.8 Å².